The lowest BCUT2D eigenvalue weighted by Crippen LogP contribution is -2.46. The molecule has 1 atom stereocenters. The molecule has 0 aliphatic carbocycles. The van der Waals surface area contributed by atoms with Gasteiger partial charge in [-0.05, 0) is 42.8 Å². The molecule has 1 heterocycles. The van der Waals surface area contributed by atoms with Crippen molar-refractivity contribution in [2.45, 2.75) is 12.5 Å². The molecule has 0 spiro atoms. The number of carbonyl (C=O) groups excluding carboxylic acids is 4. The number of benzene rings is 2. The van der Waals surface area contributed by atoms with E-state index < -0.39 is 57.6 Å². The molecule has 1 aliphatic heterocycles. The summed E-state index contributed by atoms with van der Waals surface area (Å²) in [5, 5.41) is 0. The number of hydrogen-bond acceptors (Lipinski definition) is 7. The molecule has 0 unspecified atom stereocenters. The smallest absolute Gasteiger partial charge is 0.329 e. The van der Waals surface area contributed by atoms with Gasteiger partial charge in [-0.25, -0.2) is 17.6 Å². The van der Waals surface area contributed by atoms with Crippen molar-refractivity contribution >= 4 is 33.4 Å². The molecule has 0 N–H and O–H groups in total. The SMILES string of the molecule is CS(=O)(=O)CC[C@@H](C(=O)OCC(=O)c1ccc(F)cc1)N1C(=O)c2ccccc2C1=O. The zero-order valence-corrected chi connectivity index (χ0v) is 17.2. The standard InChI is InChI=1S/C21H18FNO7S/c1-31(28,29)11-10-17(23-19(25)15-4-2-3-5-16(15)20(23)26)21(27)30-12-18(24)13-6-8-14(22)9-7-13/h2-9,17H,10-12H2,1H3/t17-/m0/s1. The van der Waals surface area contributed by atoms with Gasteiger partial charge in [0.1, 0.15) is 21.7 Å². The summed E-state index contributed by atoms with van der Waals surface area (Å²) in [4.78, 5) is 51.0. The predicted molar refractivity (Wildman–Crippen MR) is 107 cm³/mol. The Morgan fingerprint density at radius 1 is 1.00 bits per heavy atom. The minimum absolute atomic E-state index is 0.0899. The fourth-order valence-corrected chi connectivity index (χ4v) is 3.77. The van der Waals surface area contributed by atoms with Gasteiger partial charge in [0.25, 0.3) is 11.8 Å². The summed E-state index contributed by atoms with van der Waals surface area (Å²) in [5.74, 6) is -4.24. The highest BCUT2D eigenvalue weighted by Gasteiger charge is 2.43. The Balaban J connectivity index is 1.79. The van der Waals surface area contributed by atoms with Gasteiger partial charge in [-0.15, -0.1) is 0 Å². The van der Waals surface area contributed by atoms with Crippen LogP contribution >= 0.6 is 0 Å². The second-order valence-electron chi connectivity index (χ2n) is 7.00. The number of nitrogens with zero attached hydrogens (tertiary/aromatic N) is 1. The van der Waals surface area contributed by atoms with E-state index in [9.17, 15) is 32.0 Å². The van der Waals surface area contributed by atoms with E-state index in [1.807, 2.05) is 0 Å². The zero-order valence-electron chi connectivity index (χ0n) is 16.4. The van der Waals surface area contributed by atoms with Crippen molar-refractivity contribution in [1.82, 2.24) is 4.90 Å². The topological polar surface area (TPSA) is 115 Å². The normalized spacial score (nSPS) is 14.3. The lowest BCUT2D eigenvalue weighted by atomic mass is 10.1. The molecule has 2 amide bonds. The molecule has 162 valence electrons. The van der Waals surface area contributed by atoms with Crippen LogP contribution in [0.4, 0.5) is 4.39 Å². The maximum Gasteiger partial charge on any atom is 0.329 e. The predicted octanol–water partition coefficient (Wildman–Crippen LogP) is 1.65. The van der Waals surface area contributed by atoms with E-state index in [1.54, 1.807) is 12.1 Å². The first-order chi connectivity index (χ1) is 14.6. The molecule has 2 aromatic rings. The first-order valence-corrected chi connectivity index (χ1v) is 11.2. The van der Waals surface area contributed by atoms with Gasteiger partial charge in [0.2, 0.25) is 0 Å². The van der Waals surface area contributed by atoms with Crippen LogP contribution in [0.1, 0.15) is 37.5 Å². The summed E-state index contributed by atoms with van der Waals surface area (Å²) in [7, 11) is -3.52. The lowest BCUT2D eigenvalue weighted by molar-refractivity contribution is -0.147. The molecule has 0 saturated carbocycles. The number of esters is 1. The molecule has 0 radical (unpaired) electrons. The third-order valence-electron chi connectivity index (χ3n) is 4.68. The molecular formula is C21H18FNO7S. The number of Topliss-reactive ketones (excluding diaryl/α,β-unsaturated/α-hetero) is 1. The molecule has 0 aromatic heterocycles. The van der Waals surface area contributed by atoms with E-state index in [0.29, 0.717) is 4.90 Å². The van der Waals surface area contributed by atoms with Gasteiger partial charge >= 0.3 is 5.97 Å². The highest BCUT2D eigenvalue weighted by Crippen LogP contribution is 2.26. The van der Waals surface area contributed by atoms with Crippen molar-refractivity contribution in [2.24, 2.45) is 0 Å². The third-order valence-corrected chi connectivity index (χ3v) is 5.66. The van der Waals surface area contributed by atoms with E-state index in [-0.39, 0.29) is 23.1 Å². The highest BCUT2D eigenvalue weighted by molar-refractivity contribution is 7.90. The molecule has 10 heteroatoms. The summed E-state index contributed by atoms with van der Waals surface area (Å²) in [6, 6.07) is 9.01. The molecule has 3 rings (SSSR count). The molecule has 1 aliphatic rings. The molecule has 31 heavy (non-hydrogen) atoms. The molecule has 0 bridgehead atoms. The van der Waals surface area contributed by atoms with Crippen molar-refractivity contribution in [2.75, 3.05) is 18.6 Å². The maximum absolute atomic E-state index is 13.0. The molecule has 0 fully saturated rings. The largest absolute Gasteiger partial charge is 0.456 e. The summed E-state index contributed by atoms with van der Waals surface area (Å²) in [5.41, 5.74) is 0.279. The number of rotatable bonds is 8. The van der Waals surface area contributed by atoms with E-state index >= 15 is 0 Å². The Kier molecular flexibility index (Phi) is 6.30. The zero-order chi connectivity index (χ0) is 22.8. The average molecular weight is 447 g/mol. The first-order valence-electron chi connectivity index (χ1n) is 9.18. The van der Waals surface area contributed by atoms with Crippen molar-refractivity contribution in [3.8, 4) is 0 Å². The second kappa shape index (κ2) is 8.76. The van der Waals surface area contributed by atoms with Gasteiger partial charge in [-0.1, -0.05) is 12.1 Å². The number of imide groups is 1. The highest BCUT2D eigenvalue weighted by atomic mass is 32.2. The summed E-state index contributed by atoms with van der Waals surface area (Å²) >= 11 is 0. The third kappa shape index (κ3) is 5.02. The summed E-state index contributed by atoms with van der Waals surface area (Å²) in [6.07, 6.45) is 0.573. The second-order valence-corrected chi connectivity index (χ2v) is 9.26. The number of hydrogen-bond donors (Lipinski definition) is 0. The van der Waals surface area contributed by atoms with E-state index in [0.717, 1.165) is 18.4 Å². The Hall–Kier alpha value is -3.40. The molecule has 0 saturated heterocycles. The van der Waals surface area contributed by atoms with Crippen LogP contribution in [0.25, 0.3) is 0 Å². The fraction of sp³-hybridized carbons (Fsp3) is 0.238. The number of ketones is 1. The van der Waals surface area contributed by atoms with Crippen LogP contribution in [0.5, 0.6) is 0 Å². The van der Waals surface area contributed by atoms with Crippen molar-refractivity contribution in [3.05, 3.63) is 71.0 Å². The number of carbonyl (C=O) groups is 4. The van der Waals surface area contributed by atoms with E-state index in [1.165, 1.54) is 24.3 Å². The van der Waals surface area contributed by atoms with Gasteiger partial charge in [0.15, 0.2) is 12.4 Å². The van der Waals surface area contributed by atoms with Crippen LogP contribution in [0, 0.1) is 5.82 Å². The Morgan fingerprint density at radius 3 is 2.06 bits per heavy atom. The van der Waals surface area contributed by atoms with Gasteiger partial charge in [-0.2, -0.15) is 0 Å². The van der Waals surface area contributed by atoms with E-state index in [2.05, 4.69) is 0 Å². The number of amides is 2. The maximum atomic E-state index is 13.0. The van der Waals surface area contributed by atoms with Gasteiger partial charge < -0.3 is 4.74 Å². The number of sulfone groups is 1. The monoisotopic (exact) mass is 447 g/mol. The quantitative estimate of drug-likeness (QED) is 0.343. The molecule has 8 nitrogen and oxygen atoms in total. The Morgan fingerprint density at radius 2 is 1.55 bits per heavy atom. The van der Waals surface area contributed by atoms with Crippen molar-refractivity contribution in [1.29, 1.82) is 0 Å². The van der Waals surface area contributed by atoms with Gasteiger partial charge in [-0.3, -0.25) is 19.3 Å². The van der Waals surface area contributed by atoms with Crippen LogP contribution < -0.4 is 0 Å². The first kappa shape index (κ1) is 22.3. The van der Waals surface area contributed by atoms with Crippen LogP contribution in [0.2, 0.25) is 0 Å². The minimum atomic E-state index is -3.52. The summed E-state index contributed by atoms with van der Waals surface area (Å²) < 4.78 is 41.2. The Bertz CT molecular complexity index is 1120. The molecule has 2 aromatic carbocycles. The van der Waals surface area contributed by atoms with Crippen molar-refractivity contribution in [3.63, 3.8) is 0 Å². The summed E-state index contributed by atoms with van der Waals surface area (Å²) in [6.45, 7) is -0.719. The molecular weight excluding hydrogens is 429 g/mol. The Labute approximate surface area is 177 Å². The fourth-order valence-electron chi connectivity index (χ4n) is 3.12. The minimum Gasteiger partial charge on any atom is -0.456 e. The van der Waals surface area contributed by atoms with Crippen LogP contribution in [0.15, 0.2) is 48.5 Å². The number of halogens is 1. The van der Waals surface area contributed by atoms with Crippen molar-refractivity contribution < 1.29 is 36.7 Å². The van der Waals surface area contributed by atoms with E-state index in [4.69, 9.17) is 4.74 Å². The lowest BCUT2D eigenvalue weighted by Gasteiger charge is -2.24. The number of ether oxygens (including phenoxy) is 1. The van der Waals surface area contributed by atoms with Crippen LogP contribution in [-0.4, -0.2) is 61.5 Å². The van der Waals surface area contributed by atoms with Crippen LogP contribution in [0.3, 0.4) is 0 Å². The van der Waals surface area contributed by atoms with Gasteiger partial charge in [0.05, 0.1) is 16.9 Å². The average Bonchev–Trinajstić information content (AvgIpc) is 2.97. The van der Waals surface area contributed by atoms with Gasteiger partial charge in [0, 0.05) is 11.8 Å². The number of fused-ring (bicyclic) bond motifs is 1. The van der Waals surface area contributed by atoms with Crippen LogP contribution in [-0.2, 0) is 19.4 Å².